The summed E-state index contributed by atoms with van der Waals surface area (Å²) < 4.78 is 74.8. The van der Waals surface area contributed by atoms with Crippen molar-refractivity contribution in [2.45, 2.75) is 25.5 Å². The van der Waals surface area contributed by atoms with Crippen molar-refractivity contribution in [2.24, 2.45) is 0 Å². The first-order valence-corrected chi connectivity index (χ1v) is 17.0. The molecule has 0 atom stereocenters. The molecule has 0 radical (unpaired) electrons. The van der Waals surface area contributed by atoms with E-state index in [9.17, 15) is 45.5 Å². The van der Waals surface area contributed by atoms with Crippen LogP contribution in [0.3, 0.4) is 0 Å². The Labute approximate surface area is 329 Å². The molecule has 2 aromatic carbocycles. The second kappa shape index (κ2) is 16.2. The minimum Gasteiger partial charge on any atom is -0.267 e. The van der Waals surface area contributed by atoms with Crippen molar-refractivity contribution in [3.63, 3.8) is 0 Å². The van der Waals surface area contributed by atoms with Crippen molar-refractivity contribution in [3.8, 4) is 23.5 Å². The van der Waals surface area contributed by atoms with E-state index in [4.69, 9.17) is 91.7 Å². The van der Waals surface area contributed by atoms with Crippen molar-refractivity contribution in [1.29, 1.82) is 10.5 Å². The molecule has 276 valence electrons. The molecule has 0 amide bonds. The number of rotatable bonds is 4. The van der Waals surface area contributed by atoms with E-state index < -0.39 is 68.4 Å². The number of halogens is 13. The molecule has 0 bridgehead atoms. The van der Waals surface area contributed by atoms with E-state index in [1.165, 1.54) is 6.92 Å². The smallest absolute Gasteiger partial charge is 0.267 e. The molecular weight excluding hydrogens is 899 g/mol. The van der Waals surface area contributed by atoms with Crippen molar-refractivity contribution in [3.05, 3.63) is 123 Å². The van der Waals surface area contributed by atoms with Gasteiger partial charge in [0, 0.05) is 36.3 Å². The van der Waals surface area contributed by atoms with E-state index in [-0.39, 0.29) is 40.8 Å². The monoisotopic (exact) mass is 906 g/mol. The lowest BCUT2D eigenvalue weighted by Gasteiger charge is -2.16. The van der Waals surface area contributed by atoms with Gasteiger partial charge in [-0.15, -0.1) is 0 Å². The molecule has 4 aromatic rings. The molecule has 0 N–H and O–H groups in total. The SMILES string of the molecule is Cc1cc(C(F)(F)F)ccc1-n1cc(C#N)c(=O)n(SC(Cl)(Cl)Cl)c1=O.N#Cc1cn(-c2ccc(C(F)(F)F)cc2Cl)c(=O)n(SC(Cl)(Cl)Cl)c1=O. The fourth-order valence-corrected chi connectivity index (χ4v) is 6.54. The number of aromatic nitrogens is 4. The van der Waals surface area contributed by atoms with Gasteiger partial charge in [-0.1, -0.05) is 81.2 Å². The lowest BCUT2D eigenvalue weighted by atomic mass is 10.1. The summed E-state index contributed by atoms with van der Waals surface area (Å²) in [5.41, 5.74) is -7.09. The average Bonchev–Trinajstić information content (AvgIpc) is 3.00. The Kier molecular flexibility index (Phi) is 13.6. The third kappa shape index (κ3) is 10.6. The van der Waals surface area contributed by atoms with Crippen LogP contribution >= 0.6 is 105 Å². The predicted octanol–water partition coefficient (Wildman–Crippen LogP) is 8.39. The van der Waals surface area contributed by atoms with E-state index >= 15 is 0 Å². The predicted molar refractivity (Wildman–Crippen MR) is 188 cm³/mol. The maximum Gasteiger partial charge on any atom is 0.416 e. The number of nitriles is 2. The van der Waals surface area contributed by atoms with Crippen molar-refractivity contribution in [2.75, 3.05) is 0 Å². The fraction of sp³-hybridized carbons (Fsp3) is 0.185. The highest BCUT2D eigenvalue weighted by Gasteiger charge is 2.33. The highest BCUT2D eigenvalue weighted by atomic mass is 35.6. The van der Waals surface area contributed by atoms with E-state index in [0.717, 1.165) is 41.2 Å². The lowest BCUT2D eigenvalue weighted by molar-refractivity contribution is -0.138. The van der Waals surface area contributed by atoms with Crippen molar-refractivity contribution >= 4 is 105 Å². The van der Waals surface area contributed by atoms with Crippen molar-refractivity contribution < 1.29 is 26.3 Å². The van der Waals surface area contributed by atoms with E-state index in [1.807, 2.05) is 0 Å². The van der Waals surface area contributed by atoms with Gasteiger partial charge >= 0.3 is 23.7 Å². The molecule has 0 aliphatic heterocycles. The van der Waals surface area contributed by atoms with Gasteiger partial charge in [-0.05, 0) is 48.9 Å². The summed E-state index contributed by atoms with van der Waals surface area (Å²) in [5, 5.41) is 17.7. The normalized spacial score (nSPS) is 12.1. The summed E-state index contributed by atoms with van der Waals surface area (Å²) in [7, 11) is 0. The third-order valence-electron chi connectivity index (χ3n) is 6.05. The van der Waals surface area contributed by atoms with Crippen LogP contribution in [-0.2, 0) is 12.4 Å². The number of alkyl halides is 12. The Balaban J connectivity index is 0.000000280. The Morgan fingerprint density at radius 3 is 1.33 bits per heavy atom. The molecule has 2 aromatic heterocycles. The molecule has 0 unspecified atom stereocenters. The minimum absolute atomic E-state index is 0.0400. The second-order valence-electron chi connectivity index (χ2n) is 9.55. The maximum atomic E-state index is 12.8. The fourth-order valence-electron chi connectivity index (χ4n) is 3.91. The van der Waals surface area contributed by atoms with Gasteiger partial charge in [-0.2, -0.15) is 44.8 Å². The standard InChI is InChI=1S/C14H7Cl3F3N3O2S.C13H4Cl4F3N3O2S/c1-7-4-9(13(18,19)20)2-3-10(7)22-6-8(5-21)11(24)23(12(22)25)26-14(15,16)17;14-8-3-7(12(18,19)20)1-2-9(8)22-5-6(4-21)10(24)23(11(22)25)26-13(15,16)17/h2-4,6H,1H3;1-3,5H. The van der Waals surface area contributed by atoms with Crippen LogP contribution in [0.15, 0.2) is 68.0 Å². The van der Waals surface area contributed by atoms with Crippen LogP contribution in [0.2, 0.25) is 5.02 Å². The number of benzene rings is 2. The average molecular weight is 910 g/mol. The van der Waals surface area contributed by atoms with Crippen LogP contribution in [0.25, 0.3) is 11.4 Å². The minimum atomic E-state index is -4.64. The van der Waals surface area contributed by atoms with Gasteiger partial charge in [0.1, 0.15) is 23.3 Å². The highest BCUT2D eigenvalue weighted by Crippen LogP contribution is 2.39. The summed E-state index contributed by atoms with van der Waals surface area (Å²) in [6.45, 7) is 1.35. The summed E-state index contributed by atoms with van der Waals surface area (Å²) in [4.78, 5) is 49.3. The summed E-state index contributed by atoms with van der Waals surface area (Å²) in [6, 6.07) is 8.03. The van der Waals surface area contributed by atoms with Crippen LogP contribution in [0.1, 0.15) is 27.8 Å². The Morgan fingerprint density at radius 1 is 0.635 bits per heavy atom. The summed E-state index contributed by atoms with van der Waals surface area (Å²) in [5.74, 6) is 0. The largest absolute Gasteiger partial charge is 0.416 e. The Hall–Kier alpha value is -2.91. The first kappa shape index (κ1) is 43.5. The number of aryl methyl sites for hydroxylation is 1. The van der Waals surface area contributed by atoms with Gasteiger partial charge in [0.25, 0.3) is 17.4 Å². The Bertz CT molecular complexity index is 2210. The molecule has 52 heavy (non-hydrogen) atoms. The summed E-state index contributed by atoms with van der Waals surface area (Å²) in [6.07, 6.45) is -7.44. The van der Waals surface area contributed by atoms with Gasteiger partial charge < -0.3 is 0 Å². The van der Waals surface area contributed by atoms with Crippen LogP contribution < -0.4 is 22.5 Å². The third-order valence-corrected chi connectivity index (χ3v) is 9.02. The maximum absolute atomic E-state index is 12.8. The molecule has 4 rings (SSSR count). The summed E-state index contributed by atoms with van der Waals surface area (Å²) >= 11 is 39.7. The molecule has 0 fully saturated rings. The number of hydrogen-bond acceptors (Lipinski definition) is 8. The molecular formula is C27H11Cl7F6N6O4S2. The molecule has 25 heteroatoms. The van der Waals surface area contributed by atoms with Crippen LogP contribution in [0, 0.1) is 29.6 Å². The molecule has 0 spiro atoms. The number of nitrogens with zero attached hydrogens (tertiary/aromatic N) is 6. The zero-order chi connectivity index (χ0) is 39.7. The molecule has 0 saturated heterocycles. The zero-order valence-corrected chi connectivity index (χ0v) is 31.6. The van der Waals surface area contributed by atoms with E-state index in [0.29, 0.717) is 24.6 Å². The van der Waals surface area contributed by atoms with Gasteiger partial charge in [0.15, 0.2) is 0 Å². The first-order valence-electron chi connectivity index (χ1n) is 12.9. The lowest BCUT2D eigenvalue weighted by Crippen LogP contribution is -2.38. The van der Waals surface area contributed by atoms with Gasteiger partial charge in [0.2, 0.25) is 0 Å². The zero-order valence-electron chi connectivity index (χ0n) is 24.7. The molecule has 0 saturated carbocycles. The molecule has 0 aliphatic carbocycles. The van der Waals surface area contributed by atoms with Crippen LogP contribution in [0.4, 0.5) is 26.3 Å². The number of hydrogen-bond donors (Lipinski definition) is 0. The molecule has 0 aliphatic rings. The van der Waals surface area contributed by atoms with Gasteiger partial charge in [0.05, 0.1) is 27.5 Å². The molecule has 2 heterocycles. The van der Waals surface area contributed by atoms with Crippen LogP contribution in [-0.4, -0.2) is 23.3 Å². The van der Waals surface area contributed by atoms with Crippen LogP contribution in [0.5, 0.6) is 0 Å². The van der Waals surface area contributed by atoms with Crippen molar-refractivity contribution in [1.82, 2.24) is 17.1 Å². The van der Waals surface area contributed by atoms with Gasteiger partial charge in [-0.25, -0.2) is 9.59 Å². The highest BCUT2D eigenvalue weighted by molar-refractivity contribution is 8.03. The van der Waals surface area contributed by atoms with Gasteiger partial charge in [-0.3, -0.25) is 18.7 Å². The molecule has 10 nitrogen and oxygen atoms in total. The van der Waals surface area contributed by atoms with E-state index in [2.05, 4.69) is 0 Å². The topological polar surface area (TPSA) is 136 Å². The first-order chi connectivity index (χ1) is 23.7. The van der Waals surface area contributed by atoms with E-state index in [1.54, 1.807) is 12.1 Å². The second-order valence-corrected chi connectivity index (χ2v) is 18.2. The quantitative estimate of drug-likeness (QED) is 0.147. The Morgan fingerprint density at radius 2 is 1.00 bits per heavy atom.